The summed E-state index contributed by atoms with van der Waals surface area (Å²) in [5.74, 6) is 0. The van der Waals surface area contributed by atoms with Crippen LogP contribution in [0.25, 0.3) is 0 Å². The van der Waals surface area contributed by atoms with Crippen LogP contribution >= 0.6 is 35.2 Å². The molecule has 7 heteroatoms. The van der Waals surface area contributed by atoms with E-state index in [1.54, 1.807) is 0 Å². The van der Waals surface area contributed by atoms with Crippen LogP contribution in [0.5, 0.6) is 0 Å². The number of hydrazine groups is 2. The van der Waals surface area contributed by atoms with Gasteiger partial charge < -0.3 is 0 Å². The molecule has 0 saturated carbocycles. The van der Waals surface area contributed by atoms with Crippen LogP contribution in [0.4, 0.5) is 0 Å². The summed E-state index contributed by atoms with van der Waals surface area (Å²) in [5.41, 5.74) is 2.27. The van der Waals surface area contributed by atoms with Crippen molar-refractivity contribution < 1.29 is 0 Å². The van der Waals surface area contributed by atoms with Gasteiger partial charge in [-0.3, -0.25) is 0 Å². The highest BCUT2D eigenvalue weighted by molar-refractivity contribution is 6.67. The fraction of sp³-hybridized carbons (Fsp3) is 0. The monoisotopic (exact) mass is 174 g/mol. The van der Waals surface area contributed by atoms with Crippen molar-refractivity contribution >= 4 is 40.4 Å². The average molecular weight is 175 g/mol. The number of rotatable bonds is 0. The maximum atomic E-state index is 5.32. The third kappa shape index (κ3) is 0.925. The lowest BCUT2D eigenvalue weighted by atomic mass is 11.3. The van der Waals surface area contributed by atoms with Crippen molar-refractivity contribution in [3.05, 3.63) is 0 Å². The third-order valence-electron chi connectivity index (χ3n) is 0.531. The standard InChI is InChI=1S/CHCl3N4/c2-1-5-6-8(4)7(1)3/h6H. The highest BCUT2D eigenvalue weighted by Gasteiger charge is 2.19. The Morgan fingerprint density at radius 3 is 2.25 bits per heavy atom. The minimum atomic E-state index is 0.0849. The third-order valence-corrected chi connectivity index (χ3v) is 1.48. The van der Waals surface area contributed by atoms with E-state index in [4.69, 9.17) is 35.2 Å². The second-order valence-corrected chi connectivity index (χ2v) is 1.98. The largest absolute Gasteiger partial charge is 0.250 e. The van der Waals surface area contributed by atoms with Gasteiger partial charge in [0.25, 0.3) is 5.29 Å². The van der Waals surface area contributed by atoms with E-state index in [1.165, 1.54) is 0 Å². The Labute approximate surface area is 60.7 Å². The number of nitrogens with one attached hydrogen (secondary N) is 1. The van der Waals surface area contributed by atoms with E-state index in [-0.39, 0.29) is 5.29 Å². The molecule has 1 aliphatic heterocycles. The SMILES string of the molecule is ClC1=NNN(Cl)N1Cl. The quantitative estimate of drug-likeness (QED) is 0.437. The van der Waals surface area contributed by atoms with Crippen LogP contribution in [0, 0.1) is 0 Å². The molecule has 0 aliphatic carbocycles. The minimum Gasteiger partial charge on any atom is -0.203 e. The summed E-state index contributed by atoms with van der Waals surface area (Å²) in [7, 11) is 0. The van der Waals surface area contributed by atoms with Crippen LogP contribution in [-0.2, 0) is 0 Å². The van der Waals surface area contributed by atoms with Gasteiger partial charge >= 0.3 is 0 Å². The number of hydrogen-bond acceptors (Lipinski definition) is 4. The second-order valence-electron chi connectivity index (χ2n) is 1.00. The van der Waals surface area contributed by atoms with Crippen LogP contribution in [0.2, 0.25) is 0 Å². The number of hydrogen-bond donors (Lipinski definition) is 1. The molecule has 4 nitrogen and oxygen atoms in total. The Bertz CT molecular complexity index is 122. The summed E-state index contributed by atoms with van der Waals surface area (Å²) in [6.45, 7) is 0. The molecule has 0 amide bonds. The fourth-order valence-corrected chi connectivity index (χ4v) is 0.569. The van der Waals surface area contributed by atoms with Gasteiger partial charge in [-0.1, -0.05) is 0 Å². The van der Waals surface area contributed by atoms with Crippen molar-refractivity contribution in [2.45, 2.75) is 0 Å². The van der Waals surface area contributed by atoms with Crippen molar-refractivity contribution in [2.75, 3.05) is 0 Å². The fourth-order valence-electron chi connectivity index (χ4n) is 0.235. The Morgan fingerprint density at radius 1 is 1.50 bits per heavy atom. The molecule has 0 radical (unpaired) electrons. The zero-order valence-electron chi connectivity index (χ0n) is 3.48. The second kappa shape index (κ2) is 2.14. The molecule has 8 heavy (non-hydrogen) atoms. The molecule has 0 aromatic rings. The minimum absolute atomic E-state index is 0.0849. The van der Waals surface area contributed by atoms with Gasteiger partial charge in [-0.2, -0.15) is 0 Å². The summed E-state index contributed by atoms with van der Waals surface area (Å²) < 4.78 is 1.83. The summed E-state index contributed by atoms with van der Waals surface area (Å²) >= 11 is 15.9. The van der Waals surface area contributed by atoms with Crippen LogP contribution in [0.3, 0.4) is 0 Å². The molecule has 0 fully saturated rings. The predicted molar refractivity (Wildman–Crippen MR) is 31.8 cm³/mol. The molecule has 0 saturated heterocycles. The lowest BCUT2D eigenvalue weighted by Crippen LogP contribution is -2.29. The van der Waals surface area contributed by atoms with E-state index in [9.17, 15) is 0 Å². The summed E-state index contributed by atoms with van der Waals surface area (Å²) in [6, 6.07) is 0. The first-order valence-electron chi connectivity index (χ1n) is 1.62. The Kier molecular flexibility index (Phi) is 1.67. The van der Waals surface area contributed by atoms with E-state index in [0.29, 0.717) is 0 Å². The van der Waals surface area contributed by atoms with Gasteiger partial charge in [0.1, 0.15) is 0 Å². The molecule has 46 valence electrons. The van der Waals surface area contributed by atoms with Crippen molar-refractivity contribution in [3.63, 3.8) is 0 Å². The maximum absolute atomic E-state index is 5.32. The summed E-state index contributed by atoms with van der Waals surface area (Å²) in [5, 5.41) is 3.50. The first-order valence-corrected chi connectivity index (χ1v) is 2.68. The van der Waals surface area contributed by atoms with E-state index < -0.39 is 0 Å². The van der Waals surface area contributed by atoms with Gasteiger partial charge in [0.05, 0.1) is 0 Å². The Hall–Kier alpha value is 0.1000. The average Bonchev–Trinajstić information content (AvgIpc) is 1.98. The van der Waals surface area contributed by atoms with Crippen LogP contribution in [0.15, 0.2) is 5.10 Å². The number of halogens is 3. The van der Waals surface area contributed by atoms with Gasteiger partial charge in [0.2, 0.25) is 0 Å². The predicted octanol–water partition coefficient (Wildman–Crippen LogP) is 0.841. The lowest BCUT2D eigenvalue weighted by Gasteiger charge is -2.09. The van der Waals surface area contributed by atoms with Crippen LogP contribution < -0.4 is 5.53 Å². The highest BCUT2D eigenvalue weighted by atomic mass is 35.5. The Balaban J connectivity index is 2.59. The number of amidine groups is 1. The molecule has 0 atom stereocenters. The van der Waals surface area contributed by atoms with E-state index in [2.05, 4.69) is 10.6 Å². The van der Waals surface area contributed by atoms with E-state index in [0.717, 1.165) is 9.16 Å². The highest BCUT2D eigenvalue weighted by Crippen LogP contribution is 2.11. The van der Waals surface area contributed by atoms with Gasteiger partial charge in [-0.05, 0) is 16.2 Å². The Morgan fingerprint density at radius 2 is 2.12 bits per heavy atom. The molecule has 1 N–H and O–H groups in total. The normalized spacial score (nSPS) is 20.9. The van der Waals surface area contributed by atoms with Gasteiger partial charge in [0.15, 0.2) is 0 Å². The molecule has 0 unspecified atom stereocenters. The van der Waals surface area contributed by atoms with Crippen molar-refractivity contribution in [2.24, 2.45) is 5.10 Å². The smallest absolute Gasteiger partial charge is 0.203 e. The molecule has 0 aromatic carbocycles. The number of hydrazone groups is 1. The lowest BCUT2D eigenvalue weighted by molar-refractivity contribution is 0.229. The summed E-state index contributed by atoms with van der Waals surface area (Å²) in [4.78, 5) is 0. The van der Waals surface area contributed by atoms with Gasteiger partial charge in [0, 0.05) is 23.6 Å². The molecule has 1 heterocycles. The van der Waals surface area contributed by atoms with Crippen LogP contribution in [0.1, 0.15) is 0 Å². The first kappa shape index (κ1) is 6.22. The molecular weight excluding hydrogens is 174 g/mol. The zero-order valence-corrected chi connectivity index (χ0v) is 5.74. The summed E-state index contributed by atoms with van der Waals surface area (Å²) in [6.07, 6.45) is 0. The maximum Gasteiger partial charge on any atom is 0.250 e. The van der Waals surface area contributed by atoms with Crippen molar-refractivity contribution in [1.82, 2.24) is 14.7 Å². The van der Waals surface area contributed by atoms with E-state index >= 15 is 0 Å². The molecule has 0 spiro atoms. The van der Waals surface area contributed by atoms with Crippen LogP contribution in [-0.4, -0.2) is 14.5 Å². The van der Waals surface area contributed by atoms with Gasteiger partial charge in [-0.15, -0.1) is 9.63 Å². The zero-order chi connectivity index (χ0) is 6.15. The first-order chi connectivity index (χ1) is 3.72. The molecule has 0 bridgehead atoms. The molecule has 1 aliphatic rings. The van der Waals surface area contributed by atoms with E-state index in [1.807, 2.05) is 0 Å². The molecule has 1 rings (SSSR count). The topological polar surface area (TPSA) is 30.9 Å². The molecule has 0 aromatic heterocycles. The van der Waals surface area contributed by atoms with Gasteiger partial charge in [-0.25, -0.2) is 5.53 Å². The molecular formula is CHCl3N4. The van der Waals surface area contributed by atoms with Crippen molar-refractivity contribution in [1.29, 1.82) is 0 Å². The van der Waals surface area contributed by atoms with Crippen molar-refractivity contribution in [3.8, 4) is 0 Å². The number of nitrogens with zero attached hydrogens (tertiary/aromatic N) is 3.